The van der Waals surface area contributed by atoms with Gasteiger partial charge in [-0.3, -0.25) is 9.89 Å². The smallest absolute Gasteiger partial charge is 0.239 e. The summed E-state index contributed by atoms with van der Waals surface area (Å²) in [4.78, 5) is 11.1. The molecule has 2 N–H and O–H groups in total. The largest absolute Gasteiger partial charge is 0.325 e. The van der Waals surface area contributed by atoms with E-state index in [1.54, 1.807) is 6.20 Å². The maximum Gasteiger partial charge on any atom is 0.239 e. The number of carbonyl (C=O) groups excluding carboxylic acids is 1. The number of carbonyl (C=O) groups is 1. The van der Waals surface area contributed by atoms with Gasteiger partial charge in [0.25, 0.3) is 0 Å². The molecule has 1 heterocycles. The number of fused-ring (bicyclic) bond motifs is 1. The molecule has 0 aliphatic carbocycles. The lowest BCUT2D eigenvalue weighted by molar-refractivity contribution is -0.113. The number of aromatic amines is 1. The van der Waals surface area contributed by atoms with Crippen molar-refractivity contribution in [3.63, 3.8) is 0 Å². The van der Waals surface area contributed by atoms with Crippen molar-refractivity contribution in [1.29, 1.82) is 0 Å². The molecular weight excluding hydrogens is 214 g/mol. The van der Waals surface area contributed by atoms with Crippen LogP contribution in [-0.2, 0) is 4.79 Å². The Labute approximate surface area is 91.6 Å². The quantitative estimate of drug-likeness (QED) is 0.766. The second-order valence-electron chi connectivity index (χ2n) is 3.31. The van der Waals surface area contributed by atoms with Crippen LogP contribution >= 0.6 is 11.6 Å². The second-order valence-corrected chi connectivity index (χ2v) is 3.57. The van der Waals surface area contributed by atoms with E-state index >= 15 is 0 Å². The highest BCUT2D eigenvalue weighted by molar-refractivity contribution is 6.29. The summed E-state index contributed by atoms with van der Waals surface area (Å²) in [6.45, 7) is 1.97. The zero-order valence-corrected chi connectivity index (χ0v) is 8.93. The van der Waals surface area contributed by atoms with Crippen LogP contribution in [0, 0.1) is 6.92 Å². The normalized spacial score (nSPS) is 10.5. The zero-order chi connectivity index (χ0) is 10.8. The lowest BCUT2D eigenvalue weighted by atomic mass is 10.1. The molecule has 2 aromatic rings. The van der Waals surface area contributed by atoms with Gasteiger partial charge in [-0.05, 0) is 24.6 Å². The third-order valence-corrected chi connectivity index (χ3v) is 2.41. The van der Waals surface area contributed by atoms with E-state index < -0.39 is 0 Å². The highest BCUT2D eigenvalue weighted by Gasteiger charge is 2.04. The number of halogens is 1. The number of aryl methyl sites for hydroxylation is 1. The molecular formula is C10H10ClN3O. The molecule has 0 unspecified atom stereocenters. The molecule has 15 heavy (non-hydrogen) atoms. The molecule has 1 aromatic heterocycles. The molecule has 1 amide bonds. The second kappa shape index (κ2) is 3.90. The van der Waals surface area contributed by atoms with Crippen molar-refractivity contribution in [3.05, 3.63) is 23.9 Å². The van der Waals surface area contributed by atoms with Crippen LogP contribution in [0.2, 0.25) is 0 Å². The van der Waals surface area contributed by atoms with Crippen molar-refractivity contribution < 1.29 is 4.79 Å². The minimum Gasteiger partial charge on any atom is -0.325 e. The lowest BCUT2D eigenvalue weighted by Gasteiger charge is -2.04. The molecule has 0 atom stereocenters. The van der Waals surface area contributed by atoms with E-state index in [0.717, 1.165) is 22.2 Å². The van der Waals surface area contributed by atoms with Crippen LogP contribution in [-0.4, -0.2) is 22.0 Å². The number of alkyl halides is 1. The van der Waals surface area contributed by atoms with Crippen LogP contribution in [0.25, 0.3) is 10.9 Å². The molecule has 0 saturated carbocycles. The lowest BCUT2D eigenvalue weighted by Crippen LogP contribution is -2.12. The summed E-state index contributed by atoms with van der Waals surface area (Å²) in [5.74, 6) is -0.255. The van der Waals surface area contributed by atoms with E-state index in [1.807, 2.05) is 19.1 Å². The minimum absolute atomic E-state index is 0.0416. The van der Waals surface area contributed by atoms with Crippen molar-refractivity contribution in [2.75, 3.05) is 11.2 Å². The zero-order valence-electron chi connectivity index (χ0n) is 8.17. The first-order chi connectivity index (χ1) is 7.20. The van der Waals surface area contributed by atoms with Gasteiger partial charge in [-0.1, -0.05) is 0 Å². The molecule has 2 rings (SSSR count). The van der Waals surface area contributed by atoms with Gasteiger partial charge in [0.1, 0.15) is 5.88 Å². The molecule has 0 radical (unpaired) electrons. The molecule has 1 aromatic carbocycles. The van der Waals surface area contributed by atoms with Crippen LogP contribution < -0.4 is 5.32 Å². The Morgan fingerprint density at radius 1 is 1.60 bits per heavy atom. The van der Waals surface area contributed by atoms with Crippen molar-refractivity contribution in [2.45, 2.75) is 6.92 Å². The van der Waals surface area contributed by atoms with Crippen molar-refractivity contribution in [3.8, 4) is 0 Å². The summed E-state index contributed by atoms with van der Waals surface area (Å²) < 4.78 is 0. The number of aromatic nitrogens is 2. The average molecular weight is 224 g/mol. The fraction of sp³-hybridized carbons (Fsp3) is 0.200. The third-order valence-electron chi connectivity index (χ3n) is 2.17. The van der Waals surface area contributed by atoms with Crippen LogP contribution in [0.15, 0.2) is 18.3 Å². The molecule has 4 nitrogen and oxygen atoms in total. The standard InChI is InChI=1S/C10H10ClN3O/c1-6-2-7(13-10(15)4-11)3-9-8(6)5-12-14-9/h2-3,5H,4H2,1H3,(H,12,14)(H,13,15). The molecule has 0 spiro atoms. The molecule has 0 aliphatic heterocycles. The first-order valence-corrected chi connectivity index (χ1v) is 5.03. The monoisotopic (exact) mass is 223 g/mol. The van der Waals surface area contributed by atoms with Crippen LogP contribution in [0.3, 0.4) is 0 Å². The van der Waals surface area contributed by atoms with Gasteiger partial charge in [-0.2, -0.15) is 5.10 Å². The molecule has 0 saturated heterocycles. The van der Waals surface area contributed by atoms with E-state index in [9.17, 15) is 4.79 Å². The SMILES string of the molecule is Cc1cc(NC(=O)CCl)cc2[nH]ncc12. The number of anilines is 1. The maximum atomic E-state index is 11.1. The number of amides is 1. The molecule has 0 bridgehead atoms. The van der Waals surface area contributed by atoms with Gasteiger partial charge in [0.05, 0.1) is 11.7 Å². The van der Waals surface area contributed by atoms with Crippen LogP contribution in [0.4, 0.5) is 5.69 Å². The van der Waals surface area contributed by atoms with Gasteiger partial charge < -0.3 is 5.32 Å². The number of nitrogens with one attached hydrogen (secondary N) is 2. The first kappa shape index (κ1) is 9.98. The Balaban J connectivity index is 2.40. The van der Waals surface area contributed by atoms with Gasteiger partial charge in [0.2, 0.25) is 5.91 Å². The van der Waals surface area contributed by atoms with Gasteiger partial charge in [0.15, 0.2) is 0 Å². The van der Waals surface area contributed by atoms with Crippen molar-refractivity contribution in [2.24, 2.45) is 0 Å². The highest BCUT2D eigenvalue weighted by Crippen LogP contribution is 2.21. The van der Waals surface area contributed by atoms with Crippen LogP contribution in [0.5, 0.6) is 0 Å². The summed E-state index contributed by atoms with van der Waals surface area (Å²) >= 11 is 5.41. The fourth-order valence-corrected chi connectivity index (χ4v) is 1.56. The predicted octanol–water partition coefficient (Wildman–Crippen LogP) is 2.05. The van der Waals surface area contributed by atoms with E-state index in [2.05, 4.69) is 15.5 Å². The summed E-state index contributed by atoms with van der Waals surface area (Å²) in [5.41, 5.74) is 2.70. The Morgan fingerprint density at radius 2 is 2.40 bits per heavy atom. The summed E-state index contributed by atoms with van der Waals surface area (Å²) in [7, 11) is 0. The van der Waals surface area contributed by atoms with Gasteiger partial charge >= 0.3 is 0 Å². The highest BCUT2D eigenvalue weighted by atomic mass is 35.5. The van der Waals surface area contributed by atoms with E-state index in [1.165, 1.54) is 0 Å². The summed E-state index contributed by atoms with van der Waals surface area (Å²) in [6.07, 6.45) is 1.76. The van der Waals surface area contributed by atoms with E-state index in [4.69, 9.17) is 11.6 Å². The molecule has 0 aliphatic rings. The topological polar surface area (TPSA) is 57.8 Å². The van der Waals surface area contributed by atoms with Crippen LogP contribution in [0.1, 0.15) is 5.56 Å². The van der Waals surface area contributed by atoms with Crippen molar-refractivity contribution >= 4 is 34.1 Å². The number of nitrogens with zero attached hydrogens (tertiary/aromatic N) is 1. The van der Waals surface area contributed by atoms with E-state index in [-0.39, 0.29) is 11.8 Å². The van der Waals surface area contributed by atoms with Gasteiger partial charge in [0, 0.05) is 11.1 Å². The van der Waals surface area contributed by atoms with Gasteiger partial charge in [-0.15, -0.1) is 11.6 Å². The number of benzene rings is 1. The summed E-state index contributed by atoms with van der Waals surface area (Å²) in [5, 5.41) is 10.5. The minimum atomic E-state index is -0.213. The maximum absolute atomic E-state index is 11.1. The molecule has 0 fully saturated rings. The number of hydrogen-bond acceptors (Lipinski definition) is 2. The predicted molar refractivity (Wildman–Crippen MR) is 60.2 cm³/mol. The van der Waals surface area contributed by atoms with Crippen molar-refractivity contribution in [1.82, 2.24) is 10.2 Å². The Hall–Kier alpha value is -1.55. The number of hydrogen-bond donors (Lipinski definition) is 2. The van der Waals surface area contributed by atoms with Gasteiger partial charge in [-0.25, -0.2) is 0 Å². The number of H-pyrrole nitrogens is 1. The Morgan fingerprint density at radius 3 is 3.13 bits per heavy atom. The third kappa shape index (κ3) is 1.94. The Bertz CT molecular complexity index is 506. The molecule has 78 valence electrons. The first-order valence-electron chi connectivity index (χ1n) is 4.50. The summed E-state index contributed by atoms with van der Waals surface area (Å²) in [6, 6.07) is 3.72. The molecule has 5 heteroatoms. The average Bonchev–Trinajstić information content (AvgIpc) is 2.66. The fourth-order valence-electron chi connectivity index (χ4n) is 1.50. The Kier molecular flexibility index (Phi) is 2.60. The van der Waals surface area contributed by atoms with E-state index in [0.29, 0.717) is 0 Å². The number of rotatable bonds is 2.